The van der Waals surface area contributed by atoms with Crippen molar-refractivity contribution in [3.8, 4) is 0 Å². The lowest BCUT2D eigenvalue weighted by Crippen LogP contribution is -2.49. The highest BCUT2D eigenvalue weighted by molar-refractivity contribution is 6.31. The molecule has 1 atom stereocenters. The highest BCUT2D eigenvalue weighted by atomic mass is 35.5. The SMILES string of the molecule is CCOCC(=O)N1CCNCC1c1ccccc1Cl.Cl. The van der Waals surface area contributed by atoms with Gasteiger partial charge in [0.15, 0.2) is 0 Å². The van der Waals surface area contributed by atoms with Crippen molar-refractivity contribution in [1.29, 1.82) is 0 Å². The van der Waals surface area contributed by atoms with Crippen molar-refractivity contribution in [2.75, 3.05) is 32.8 Å². The highest BCUT2D eigenvalue weighted by Gasteiger charge is 2.28. The molecule has 0 saturated carbocycles. The number of hydrogen-bond donors (Lipinski definition) is 1. The van der Waals surface area contributed by atoms with E-state index in [0.717, 1.165) is 18.7 Å². The van der Waals surface area contributed by atoms with Gasteiger partial charge < -0.3 is 15.0 Å². The van der Waals surface area contributed by atoms with Crippen molar-refractivity contribution >= 4 is 29.9 Å². The van der Waals surface area contributed by atoms with E-state index in [1.807, 2.05) is 36.1 Å². The summed E-state index contributed by atoms with van der Waals surface area (Å²) >= 11 is 6.23. The minimum Gasteiger partial charge on any atom is -0.372 e. The van der Waals surface area contributed by atoms with Crippen LogP contribution in [0.3, 0.4) is 0 Å². The quantitative estimate of drug-likeness (QED) is 0.926. The first kappa shape index (κ1) is 17.2. The lowest BCUT2D eigenvalue weighted by molar-refractivity contribution is -0.139. The van der Waals surface area contributed by atoms with Crippen molar-refractivity contribution in [3.63, 3.8) is 0 Å². The van der Waals surface area contributed by atoms with Crippen LogP contribution in [0.2, 0.25) is 5.02 Å². The normalized spacial score (nSPS) is 18.5. The molecule has 0 aromatic heterocycles. The Hall–Kier alpha value is -0.810. The molecule has 1 fully saturated rings. The summed E-state index contributed by atoms with van der Waals surface area (Å²) in [5.74, 6) is 0.0215. The van der Waals surface area contributed by atoms with E-state index in [0.29, 0.717) is 18.2 Å². The van der Waals surface area contributed by atoms with Gasteiger partial charge in [0.1, 0.15) is 6.61 Å². The Morgan fingerprint density at radius 2 is 2.25 bits per heavy atom. The number of carbonyl (C=O) groups excluding carboxylic acids is 1. The van der Waals surface area contributed by atoms with Crippen LogP contribution in [0.4, 0.5) is 0 Å². The maximum atomic E-state index is 12.2. The molecule has 1 aliphatic heterocycles. The molecular weight excluding hydrogens is 299 g/mol. The van der Waals surface area contributed by atoms with Gasteiger partial charge in [-0.05, 0) is 18.6 Å². The fourth-order valence-electron chi connectivity index (χ4n) is 2.30. The van der Waals surface area contributed by atoms with E-state index in [1.165, 1.54) is 0 Å². The maximum Gasteiger partial charge on any atom is 0.249 e. The number of nitrogens with one attached hydrogen (secondary N) is 1. The molecule has 1 aromatic carbocycles. The van der Waals surface area contributed by atoms with Gasteiger partial charge >= 0.3 is 0 Å². The van der Waals surface area contributed by atoms with Gasteiger partial charge in [-0.15, -0.1) is 12.4 Å². The van der Waals surface area contributed by atoms with Gasteiger partial charge in [0, 0.05) is 31.3 Å². The number of halogens is 2. The van der Waals surface area contributed by atoms with Gasteiger partial charge in [0.05, 0.1) is 6.04 Å². The molecule has 1 heterocycles. The zero-order chi connectivity index (χ0) is 13.7. The van der Waals surface area contributed by atoms with Gasteiger partial charge in [-0.25, -0.2) is 0 Å². The Bertz CT molecular complexity index is 443. The summed E-state index contributed by atoms with van der Waals surface area (Å²) in [6, 6.07) is 7.66. The van der Waals surface area contributed by atoms with E-state index in [1.54, 1.807) is 0 Å². The molecule has 1 amide bonds. The van der Waals surface area contributed by atoms with E-state index in [-0.39, 0.29) is 31.0 Å². The third-order valence-electron chi connectivity index (χ3n) is 3.26. The van der Waals surface area contributed by atoms with Crippen molar-refractivity contribution in [1.82, 2.24) is 10.2 Å². The molecule has 0 spiro atoms. The van der Waals surface area contributed by atoms with Crippen LogP contribution in [0, 0.1) is 0 Å². The summed E-state index contributed by atoms with van der Waals surface area (Å²) in [5.41, 5.74) is 0.987. The summed E-state index contributed by atoms with van der Waals surface area (Å²) in [6.07, 6.45) is 0. The fourth-order valence-corrected chi connectivity index (χ4v) is 2.56. The molecule has 20 heavy (non-hydrogen) atoms. The van der Waals surface area contributed by atoms with Crippen LogP contribution in [-0.2, 0) is 9.53 Å². The maximum absolute atomic E-state index is 12.2. The Morgan fingerprint density at radius 1 is 1.50 bits per heavy atom. The van der Waals surface area contributed by atoms with Crippen LogP contribution in [0.15, 0.2) is 24.3 Å². The Labute approximate surface area is 130 Å². The van der Waals surface area contributed by atoms with E-state index in [2.05, 4.69) is 5.32 Å². The van der Waals surface area contributed by atoms with E-state index in [9.17, 15) is 4.79 Å². The molecule has 4 nitrogen and oxygen atoms in total. The number of piperazine rings is 1. The molecule has 1 unspecified atom stereocenters. The third kappa shape index (κ3) is 4.09. The lowest BCUT2D eigenvalue weighted by Gasteiger charge is -2.36. The molecule has 1 aliphatic rings. The standard InChI is InChI=1S/C14H19ClN2O2.ClH/c1-2-19-10-14(18)17-8-7-16-9-13(17)11-5-3-4-6-12(11)15;/h3-6,13,16H,2,7-10H2,1H3;1H. The Kier molecular flexibility index (Phi) is 7.30. The fraction of sp³-hybridized carbons (Fsp3) is 0.500. The van der Waals surface area contributed by atoms with Crippen molar-refractivity contribution in [3.05, 3.63) is 34.9 Å². The number of benzene rings is 1. The van der Waals surface area contributed by atoms with Gasteiger partial charge in [0.2, 0.25) is 5.91 Å². The van der Waals surface area contributed by atoms with Gasteiger partial charge in [-0.3, -0.25) is 4.79 Å². The predicted molar refractivity (Wildman–Crippen MR) is 82.5 cm³/mol. The number of ether oxygens (including phenoxy) is 1. The minimum atomic E-state index is -0.0181. The van der Waals surface area contributed by atoms with Crippen LogP contribution < -0.4 is 5.32 Å². The summed E-state index contributed by atoms with van der Waals surface area (Å²) in [6.45, 7) is 4.78. The highest BCUT2D eigenvalue weighted by Crippen LogP contribution is 2.28. The molecule has 0 bridgehead atoms. The molecular formula is C14H20Cl2N2O2. The molecule has 0 aliphatic carbocycles. The molecule has 0 radical (unpaired) electrons. The lowest BCUT2D eigenvalue weighted by atomic mass is 10.0. The zero-order valence-electron chi connectivity index (χ0n) is 11.5. The number of nitrogens with zero attached hydrogens (tertiary/aromatic N) is 1. The summed E-state index contributed by atoms with van der Waals surface area (Å²) < 4.78 is 5.22. The van der Waals surface area contributed by atoms with Crippen LogP contribution in [0.5, 0.6) is 0 Å². The number of carbonyl (C=O) groups is 1. The molecule has 1 N–H and O–H groups in total. The monoisotopic (exact) mass is 318 g/mol. The molecule has 2 rings (SSSR count). The number of rotatable bonds is 4. The predicted octanol–water partition coefficient (Wildman–Crippen LogP) is 2.27. The average molecular weight is 319 g/mol. The van der Waals surface area contributed by atoms with Crippen LogP contribution >= 0.6 is 24.0 Å². The zero-order valence-corrected chi connectivity index (χ0v) is 13.0. The summed E-state index contributed by atoms with van der Waals surface area (Å²) in [7, 11) is 0. The molecule has 1 saturated heterocycles. The van der Waals surface area contributed by atoms with Crippen molar-refractivity contribution in [2.45, 2.75) is 13.0 Å². The second-order valence-corrected chi connectivity index (χ2v) is 4.87. The van der Waals surface area contributed by atoms with Gasteiger partial charge in [-0.2, -0.15) is 0 Å². The molecule has 112 valence electrons. The first-order valence-electron chi connectivity index (χ1n) is 6.56. The largest absolute Gasteiger partial charge is 0.372 e. The number of hydrogen-bond acceptors (Lipinski definition) is 3. The first-order chi connectivity index (χ1) is 9.24. The van der Waals surface area contributed by atoms with Crippen LogP contribution in [-0.4, -0.2) is 43.7 Å². The molecule has 6 heteroatoms. The van der Waals surface area contributed by atoms with E-state index in [4.69, 9.17) is 16.3 Å². The second kappa shape index (κ2) is 8.47. The van der Waals surface area contributed by atoms with E-state index < -0.39 is 0 Å². The van der Waals surface area contributed by atoms with Gasteiger partial charge in [0.25, 0.3) is 0 Å². The van der Waals surface area contributed by atoms with Gasteiger partial charge in [-0.1, -0.05) is 29.8 Å². The average Bonchev–Trinajstić information content (AvgIpc) is 2.45. The van der Waals surface area contributed by atoms with Crippen LogP contribution in [0.25, 0.3) is 0 Å². The Balaban J connectivity index is 0.00000200. The summed E-state index contributed by atoms with van der Waals surface area (Å²) in [4.78, 5) is 14.0. The van der Waals surface area contributed by atoms with Crippen molar-refractivity contribution < 1.29 is 9.53 Å². The number of amides is 1. The smallest absolute Gasteiger partial charge is 0.249 e. The van der Waals surface area contributed by atoms with E-state index >= 15 is 0 Å². The third-order valence-corrected chi connectivity index (χ3v) is 3.60. The van der Waals surface area contributed by atoms with Crippen LogP contribution in [0.1, 0.15) is 18.5 Å². The first-order valence-corrected chi connectivity index (χ1v) is 6.94. The topological polar surface area (TPSA) is 41.6 Å². The summed E-state index contributed by atoms with van der Waals surface area (Å²) in [5, 5.41) is 4.01. The Morgan fingerprint density at radius 3 is 2.95 bits per heavy atom. The molecule has 1 aromatic rings. The second-order valence-electron chi connectivity index (χ2n) is 4.47. The minimum absolute atomic E-state index is 0. The van der Waals surface area contributed by atoms with Crippen molar-refractivity contribution in [2.24, 2.45) is 0 Å².